The molecule has 1 fully saturated rings. The van der Waals surface area contributed by atoms with Crippen LogP contribution in [0.5, 0.6) is 5.75 Å². The lowest BCUT2D eigenvalue weighted by Gasteiger charge is -2.24. The van der Waals surface area contributed by atoms with E-state index >= 15 is 0 Å². The summed E-state index contributed by atoms with van der Waals surface area (Å²) < 4.78 is 13.2. The molecule has 3 heterocycles. The summed E-state index contributed by atoms with van der Waals surface area (Å²) >= 11 is 0. The van der Waals surface area contributed by atoms with Crippen LogP contribution < -0.4 is 10.1 Å². The molecule has 2 aromatic heterocycles. The first-order valence-corrected chi connectivity index (χ1v) is 8.45. The van der Waals surface area contributed by atoms with Gasteiger partial charge in [-0.25, -0.2) is 9.97 Å². The van der Waals surface area contributed by atoms with E-state index in [1.54, 1.807) is 17.2 Å². The first-order valence-electron chi connectivity index (χ1n) is 8.45. The highest BCUT2D eigenvalue weighted by molar-refractivity contribution is 5.88. The van der Waals surface area contributed by atoms with Gasteiger partial charge in [0.25, 0.3) is 0 Å². The monoisotopic (exact) mass is 339 g/mol. The van der Waals surface area contributed by atoms with Crippen LogP contribution in [0.2, 0.25) is 0 Å². The van der Waals surface area contributed by atoms with Gasteiger partial charge in [-0.3, -0.25) is 4.68 Å². The lowest BCUT2D eigenvalue weighted by molar-refractivity contribution is 0.0253. The van der Waals surface area contributed by atoms with Crippen LogP contribution in [0.1, 0.15) is 18.4 Å². The number of fused-ring (bicyclic) bond motifs is 1. The molecule has 4 rings (SSSR count). The number of rotatable bonds is 4. The lowest BCUT2D eigenvalue weighted by atomic mass is 10.1. The molecule has 0 spiro atoms. The Balaban J connectivity index is 1.53. The molecular weight excluding hydrogens is 318 g/mol. The molecule has 3 aromatic rings. The van der Waals surface area contributed by atoms with Crippen LogP contribution in [-0.4, -0.2) is 39.1 Å². The second-order valence-corrected chi connectivity index (χ2v) is 6.26. The summed E-state index contributed by atoms with van der Waals surface area (Å²) in [5.41, 5.74) is 2.85. The van der Waals surface area contributed by atoms with E-state index in [4.69, 9.17) is 9.47 Å². The molecule has 130 valence electrons. The topological polar surface area (TPSA) is 74.1 Å². The van der Waals surface area contributed by atoms with Gasteiger partial charge in [-0.2, -0.15) is 5.10 Å². The number of hydrogen-bond donors (Lipinski definition) is 1. The standard InChI is InChI=1S/C18H21N5O2/c1-12-9-13(3-4-16(12)25-14-5-7-24-8-6-14)22-17-15-10-21-23(2)18(15)20-11-19-17/h3-4,9-11,14H,5-8H2,1-2H3,(H,19,20,22). The van der Waals surface area contributed by atoms with Gasteiger partial charge in [0.15, 0.2) is 5.65 Å². The minimum atomic E-state index is 0.239. The smallest absolute Gasteiger partial charge is 0.163 e. The highest BCUT2D eigenvalue weighted by Gasteiger charge is 2.16. The molecule has 25 heavy (non-hydrogen) atoms. The molecule has 0 atom stereocenters. The predicted molar refractivity (Wildman–Crippen MR) is 95.2 cm³/mol. The fourth-order valence-corrected chi connectivity index (χ4v) is 3.03. The van der Waals surface area contributed by atoms with Gasteiger partial charge in [-0.05, 0) is 30.7 Å². The summed E-state index contributed by atoms with van der Waals surface area (Å²) in [6.07, 6.45) is 5.44. The summed E-state index contributed by atoms with van der Waals surface area (Å²) in [4.78, 5) is 8.60. The van der Waals surface area contributed by atoms with E-state index in [-0.39, 0.29) is 6.10 Å². The van der Waals surface area contributed by atoms with Crippen molar-refractivity contribution in [3.05, 3.63) is 36.3 Å². The molecule has 1 aliphatic rings. The van der Waals surface area contributed by atoms with Gasteiger partial charge in [0, 0.05) is 25.6 Å². The lowest BCUT2D eigenvalue weighted by Crippen LogP contribution is -2.26. The maximum atomic E-state index is 6.12. The molecule has 1 saturated heterocycles. The van der Waals surface area contributed by atoms with Crippen molar-refractivity contribution in [2.45, 2.75) is 25.9 Å². The molecule has 7 nitrogen and oxygen atoms in total. The van der Waals surface area contributed by atoms with Crippen molar-refractivity contribution in [3.63, 3.8) is 0 Å². The van der Waals surface area contributed by atoms with E-state index in [0.29, 0.717) is 0 Å². The second kappa shape index (κ2) is 6.68. The first-order chi connectivity index (χ1) is 12.2. The van der Waals surface area contributed by atoms with E-state index in [9.17, 15) is 0 Å². The van der Waals surface area contributed by atoms with E-state index < -0.39 is 0 Å². The number of hydrogen-bond acceptors (Lipinski definition) is 6. The summed E-state index contributed by atoms with van der Waals surface area (Å²) in [6.45, 7) is 3.61. The molecule has 7 heteroatoms. The van der Waals surface area contributed by atoms with Gasteiger partial charge in [-0.1, -0.05) is 0 Å². The summed E-state index contributed by atoms with van der Waals surface area (Å²) in [7, 11) is 1.87. The Morgan fingerprint density at radius 3 is 2.88 bits per heavy atom. The van der Waals surface area contributed by atoms with Crippen LogP contribution in [0.25, 0.3) is 11.0 Å². The van der Waals surface area contributed by atoms with Crippen molar-refractivity contribution < 1.29 is 9.47 Å². The molecular formula is C18H21N5O2. The molecule has 1 N–H and O–H groups in total. The number of ether oxygens (including phenoxy) is 2. The average Bonchev–Trinajstić information content (AvgIpc) is 3.01. The Kier molecular flexibility index (Phi) is 4.23. The molecule has 0 amide bonds. The third kappa shape index (κ3) is 3.28. The van der Waals surface area contributed by atoms with E-state index in [0.717, 1.165) is 59.9 Å². The predicted octanol–water partition coefficient (Wildman–Crippen LogP) is 2.97. The van der Waals surface area contributed by atoms with Crippen LogP contribution in [0.4, 0.5) is 11.5 Å². The summed E-state index contributed by atoms with van der Waals surface area (Å²) in [5, 5.41) is 8.48. The number of aryl methyl sites for hydroxylation is 2. The summed E-state index contributed by atoms with van der Waals surface area (Å²) in [5.74, 6) is 1.67. The highest BCUT2D eigenvalue weighted by Crippen LogP contribution is 2.28. The average molecular weight is 339 g/mol. The summed E-state index contributed by atoms with van der Waals surface area (Å²) in [6, 6.07) is 6.08. The Bertz CT molecular complexity index is 886. The quantitative estimate of drug-likeness (QED) is 0.788. The third-order valence-electron chi connectivity index (χ3n) is 4.43. The molecule has 0 radical (unpaired) electrons. The Hall–Kier alpha value is -2.67. The fraction of sp³-hybridized carbons (Fsp3) is 0.389. The largest absolute Gasteiger partial charge is 0.490 e. The molecule has 0 aliphatic carbocycles. The second-order valence-electron chi connectivity index (χ2n) is 6.26. The number of aromatic nitrogens is 4. The van der Waals surface area contributed by atoms with E-state index in [1.807, 2.05) is 19.2 Å². The Labute approximate surface area is 146 Å². The minimum Gasteiger partial charge on any atom is -0.490 e. The van der Waals surface area contributed by atoms with Crippen molar-refractivity contribution in [3.8, 4) is 5.75 Å². The van der Waals surface area contributed by atoms with Gasteiger partial charge in [0.1, 0.15) is 24.0 Å². The Morgan fingerprint density at radius 2 is 2.08 bits per heavy atom. The van der Waals surface area contributed by atoms with Crippen molar-refractivity contribution >= 4 is 22.5 Å². The maximum absolute atomic E-state index is 6.12. The van der Waals surface area contributed by atoms with Gasteiger partial charge >= 0.3 is 0 Å². The van der Waals surface area contributed by atoms with Crippen molar-refractivity contribution in [2.75, 3.05) is 18.5 Å². The van der Waals surface area contributed by atoms with Crippen LogP contribution in [0, 0.1) is 6.92 Å². The minimum absolute atomic E-state index is 0.239. The van der Waals surface area contributed by atoms with Crippen molar-refractivity contribution in [2.24, 2.45) is 7.05 Å². The maximum Gasteiger partial charge on any atom is 0.163 e. The van der Waals surface area contributed by atoms with Gasteiger partial charge < -0.3 is 14.8 Å². The zero-order valence-corrected chi connectivity index (χ0v) is 14.4. The number of nitrogens with zero attached hydrogens (tertiary/aromatic N) is 4. The zero-order valence-electron chi connectivity index (χ0n) is 14.4. The number of anilines is 2. The molecule has 0 unspecified atom stereocenters. The molecule has 0 saturated carbocycles. The van der Waals surface area contributed by atoms with Crippen molar-refractivity contribution in [1.29, 1.82) is 0 Å². The third-order valence-corrected chi connectivity index (χ3v) is 4.43. The first kappa shape index (κ1) is 15.8. The number of nitrogens with one attached hydrogen (secondary N) is 1. The number of benzene rings is 1. The van der Waals surface area contributed by atoms with Gasteiger partial charge in [-0.15, -0.1) is 0 Å². The molecule has 1 aliphatic heterocycles. The van der Waals surface area contributed by atoms with Gasteiger partial charge in [0.05, 0.1) is 24.8 Å². The van der Waals surface area contributed by atoms with Crippen LogP contribution in [0.3, 0.4) is 0 Å². The van der Waals surface area contributed by atoms with Crippen molar-refractivity contribution in [1.82, 2.24) is 19.7 Å². The van der Waals surface area contributed by atoms with Crippen LogP contribution in [0.15, 0.2) is 30.7 Å². The molecule has 1 aromatic carbocycles. The zero-order chi connectivity index (χ0) is 17.2. The van der Waals surface area contributed by atoms with E-state index in [2.05, 4.69) is 33.4 Å². The highest BCUT2D eigenvalue weighted by atomic mass is 16.5. The van der Waals surface area contributed by atoms with Crippen LogP contribution in [-0.2, 0) is 11.8 Å². The molecule has 0 bridgehead atoms. The fourth-order valence-electron chi connectivity index (χ4n) is 3.03. The van der Waals surface area contributed by atoms with Gasteiger partial charge in [0.2, 0.25) is 0 Å². The van der Waals surface area contributed by atoms with E-state index in [1.165, 1.54) is 0 Å². The SMILES string of the molecule is Cc1cc(Nc2ncnc3c2cnn3C)ccc1OC1CCOCC1. The van der Waals surface area contributed by atoms with Crippen LogP contribution >= 0.6 is 0 Å². The normalized spacial score (nSPS) is 15.4. The Morgan fingerprint density at radius 1 is 1.24 bits per heavy atom.